The van der Waals surface area contributed by atoms with E-state index < -0.39 is 17.6 Å². The van der Waals surface area contributed by atoms with Crippen molar-refractivity contribution < 1.29 is 14.0 Å². The summed E-state index contributed by atoms with van der Waals surface area (Å²) in [5, 5.41) is 0.522. The summed E-state index contributed by atoms with van der Waals surface area (Å²) < 4.78 is 13.4. The van der Waals surface area contributed by atoms with Crippen LogP contribution < -0.4 is 10.9 Å². The first kappa shape index (κ1) is 15.3. The monoisotopic (exact) mass is 326 g/mol. The molecule has 7 heteroatoms. The van der Waals surface area contributed by atoms with Crippen molar-refractivity contribution in [1.29, 1.82) is 0 Å². The number of carbonyl (C=O) groups excluding carboxylic acids is 2. The molecule has 0 unspecified atom stereocenters. The Morgan fingerprint density at radius 1 is 0.905 bits per heavy atom. The summed E-state index contributed by atoms with van der Waals surface area (Å²) in [4.78, 5) is 23.5. The molecule has 108 valence electrons. The molecule has 2 rings (SSSR count). The van der Waals surface area contributed by atoms with Gasteiger partial charge < -0.3 is 0 Å². The zero-order valence-corrected chi connectivity index (χ0v) is 12.0. The third kappa shape index (κ3) is 3.71. The quantitative estimate of drug-likeness (QED) is 0.832. The van der Waals surface area contributed by atoms with E-state index in [9.17, 15) is 14.0 Å². The van der Waals surface area contributed by atoms with Crippen molar-refractivity contribution in [2.45, 2.75) is 0 Å². The van der Waals surface area contributed by atoms with Gasteiger partial charge in [0.15, 0.2) is 0 Å². The van der Waals surface area contributed by atoms with Gasteiger partial charge in [-0.05, 0) is 30.3 Å². The zero-order valence-electron chi connectivity index (χ0n) is 10.5. The fourth-order valence-corrected chi connectivity index (χ4v) is 1.83. The first-order valence-electron chi connectivity index (χ1n) is 5.79. The molecule has 2 aromatic carbocycles. The number of hydrazine groups is 1. The van der Waals surface area contributed by atoms with Crippen LogP contribution in [0.25, 0.3) is 0 Å². The van der Waals surface area contributed by atoms with Gasteiger partial charge in [0.1, 0.15) is 5.82 Å². The number of amides is 2. The van der Waals surface area contributed by atoms with Crippen LogP contribution in [-0.2, 0) is 0 Å². The van der Waals surface area contributed by atoms with Gasteiger partial charge in [-0.25, -0.2) is 4.39 Å². The molecule has 0 aromatic heterocycles. The van der Waals surface area contributed by atoms with E-state index in [-0.39, 0.29) is 16.1 Å². The zero-order chi connectivity index (χ0) is 15.4. The second-order valence-electron chi connectivity index (χ2n) is 4.02. The third-order valence-electron chi connectivity index (χ3n) is 2.59. The van der Waals surface area contributed by atoms with Crippen molar-refractivity contribution in [3.8, 4) is 0 Å². The summed E-state index contributed by atoms with van der Waals surface area (Å²) >= 11 is 11.5. The minimum Gasteiger partial charge on any atom is -0.267 e. The Labute approximate surface area is 129 Å². The molecular weight excluding hydrogens is 318 g/mol. The highest BCUT2D eigenvalue weighted by molar-refractivity contribution is 6.42. The second kappa shape index (κ2) is 6.56. The Morgan fingerprint density at radius 3 is 2.24 bits per heavy atom. The molecular formula is C14H9Cl2FN2O2. The average Bonchev–Trinajstić information content (AvgIpc) is 2.47. The van der Waals surface area contributed by atoms with Crippen molar-refractivity contribution in [3.63, 3.8) is 0 Å². The van der Waals surface area contributed by atoms with Crippen LogP contribution in [0.1, 0.15) is 20.7 Å². The maximum Gasteiger partial charge on any atom is 0.272 e. The summed E-state index contributed by atoms with van der Waals surface area (Å²) in [7, 11) is 0. The first-order chi connectivity index (χ1) is 9.99. The van der Waals surface area contributed by atoms with Gasteiger partial charge in [-0.1, -0.05) is 35.3 Å². The summed E-state index contributed by atoms with van der Waals surface area (Å²) in [6, 6.07) is 9.68. The van der Waals surface area contributed by atoms with E-state index in [1.54, 1.807) is 0 Å². The Balaban J connectivity index is 2.02. The predicted octanol–water partition coefficient (Wildman–Crippen LogP) is 3.21. The topological polar surface area (TPSA) is 58.2 Å². The van der Waals surface area contributed by atoms with Crippen LogP contribution >= 0.6 is 23.2 Å². The van der Waals surface area contributed by atoms with Crippen molar-refractivity contribution in [2.75, 3.05) is 0 Å². The molecule has 0 saturated heterocycles. The summed E-state index contributed by atoms with van der Waals surface area (Å²) in [5.74, 6) is -2.04. The molecule has 2 amide bonds. The van der Waals surface area contributed by atoms with Crippen molar-refractivity contribution in [3.05, 3.63) is 69.5 Å². The fraction of sp³-hybridized carbons (Fsp3) is 0. The lowest BCUT2D eigenvalue weighted by atomic mass is 10.2. The van der Waals surface area contributed by atoms with E-state index in [1.165, 1.54) is 36.4 Å². The molecule has 0 aliphatic carbocycles. The summed E-state index contributed by atoms with van der Waals surface area (Å²) in [6.45, 7) is 0. The lowest BCUT2D eigenvalue weighted by molar-refractivity contribution is 0.0844. The minimum absolute atomic E-state index is 0.174. The number of rotatable bonds is 2. The average molecular weight is 327 g/mol. The fourth-order valence-electron chi connectivity index (χ4n) is 1.54. The number of carbonyl (C=O) groups is 2. The highest BCUT2D eigenvalue weighted by Crippen LogP contribution is 2.22. The van der Waals surface area contributed by atoms with E-state index in [4.69, 9.17) is 23.2 Å². The van der Waals surface area contributed by atoms with E-state index >= 15 is 0 Å². The van der Waals surface area contributed by atoms with Gasteiger partial charge in [-0.3, -0.25) is 20.4 Å². The van der Waals surface area contributed by atoms with Gasteiger partial charge >= 0.3 is 0 Å². The largest absolute Gasteiger partial charge is 0.272 e. The van der Waals surface area contributed by atoms with E-state index in [0.717, 1.165) is 6.07 Å². The number of halogens is 3. The standard InChI is InChI=1S/C14H9Cl2FN2O2/c15-10-6-5-8(7-11(10)16)13(20)18-19-14(21)9-3-1-2-4-12(9)17/h1-7H,(H,18,20)(H,19,21). The van der Waals surface area contributed by atoms with E-state index in [2.05, 4.69) is 10.9 Å². The molecule has 0 radical (unpaired) electrons. The van der Waals surface area contributed by atoms with E-state index in [0.29, 0.717) is 5.02 Å². The summed E-state index contributed by atoms with van der Waals surface area (Å²) in [6.07, 6.45) is 0. The van der Waals surface area contributed by atoms with Crippen molar-refractivity contribution >= 4 is 35.0 Å². The highest BCUT2D eigenvalue weighted by atomic mass is 35.5. The van der Waals surface area contributed by atoms with Crippen LogP contribution in [0.4, 0.5) is 4.39 Å². The number of hydrogen-bond donors (Lipinski definition) is 2. The molecule has 0 heterocycles. The predicted molar refractivity (Wildman–Crippen MR) is 77.8 cm³/mol. The molecule has 0 aliphatic rings. The van der Waals surface area contributed by atoms with Gasteiger partial charge in [0.2, 0.25) is 0 Å². The van der Waals surface area contributed by atoms with Crippen LogP contribution in [-0.4, -0.2) is 11.8 Å². The lowest BCUT2D eigenvalue weighted by Crippen LogP contribution is -2.41. The maximum absolute atomic E-state index is 13.4. The third-order valence-corrected chi connectivity index (χ3v) is 3.33. The Bertz CT molecular complexity index is 707. The van der Waals surface area contributed by atoms with Crippen LogP contribution in [0.5, 0.6) is 0 Å². The molecule has 4 nitrogen and oxygen atoms in total. The van der Waals surface area contributed by atoms with Gasteiger partial charge in [0, 0.05) is 5.56 Å². The minimum atomic E-state index is -0.762. The lowest BCUT2D eigenvalue weighted by Gasteiger charge is -2.08. The number of benzene rings is 2. The molecule has 0 fully saturated rings. The van der Waals surface area contributed by atoms with E-state index in [1.807, 2.05) is 0 Å². The van der Waals surface area contributed by atoms with Gasteiger partial charge in [0.25, 0.3) is 11.8 Å². The van der Waals surface area contributed by atoms with Crippen LogP contribution in [0, 0.1) is 5.82 Å². The van der Waals surface area contributed by atoms with Crippen molar-refractivity contribution in [2.24, 2.45) is 0 Å². The molecule has 2 N–H and O–H groups in total. The molecule has 0 bridgehead atoms. The number of nitrogens with one attached hydrogen (secondary N) is 2. The van der Waals surface area contributed by atoms with Gasteiger partial charge in [0.05, 0.1) is 15.6 Å². The van der Waals surface area contributed by atoms with Crippen LogP contribution in [0.2, 0.25) is 10.0 Å². The Kier molecular flexibility index (Phi) is 4.77. The van der Waals surface area contributed by atoms with Gasteiger partial charge in [-0.15, -0.1) is 0 Å². The molecule has 0 atom stereocenters. The smallest absolute Gasteiger partial charge is 0.267 e. The summed E-state index contributed by atoms with van der Waals surface area (Å²) in [5.41, 5.74) is 4.31. The first-order valence-corrected chi connectivity index (χ1v) is 6.55. The normalized spacial score (nSPS) is 10.0. The molecule has 0 spiro atoms. The van der Waals surface area contributed by atoms with Crippen molar-refractivity contribution in [1.82, 2.24) is 10.9 Å². The highest BCUT2D eigenvalue weighted by Gasteiger charge is 2.13. The Hall–Kier alpha value is -2.11. The molecule has 21 heavy (non-hydrogen) atoms. The molecule has 0 aliphatic heterocycles. The molecule has 0 saturated carbocycles. The van der Waals surface area contributed by atoms with Gasteiger partial charge in [-0.2, -0.15) is 0 Å². The van der Waals surface area contributed by atoms with Crippen LogP contribution in [0.3, 0.4) is 0 Å². The maximum atomic E-state index is 13.4. The second-order valence-corrected chi connectivity index (χ2v) is 4.83. The Morgan fingerprint density at radius 2 is 1.57 bits per heavy atom. The number of hydrogen-bond acceptors (Lipinski definition) is 2. The SMILES string of the molecule is O=C(NNC(=O)c1ccccc1F)c1ccc(Cl)c(Cl)c1. The van der Waals surface area contributed by atoms with Crippen LogP contribution in [0.15, 0.2) is 42.5 Å². The molecule has 2 aromatic rings.